The number of hydrogen-bond acceptors (Lipinski definition) is 6. The Morgan fingerprint density at radius 2 is 1.92 bits per heavy atom. The maximum absolute atomic E-state index is 5.89. The van der Waals surface area contributed by atoms with Crippen LogP contribution in [-0.2, 0) is 4.74 Å². The molecule has 1 saturated heterocycles. The third-order valence-electron chi connectivity index (χ3n) is 4.14. The number of anilines is 1. The molecule has 6 nitrogen and oxygen atoms in total. The van der Waals surface area contributed by atoms with Gasteiger partial charge in [-0.05, 0) is 35.9 Å². The van der Waals surface area contributed by atoms with Gasteiger partial charge in [0.25, 0.3) is 0 Å². The lowest BCUT2D eigenvalue weighted by atomic mass is 10.2. The molecule has 1 fully saturated rings. The van der Waals surface area contributed by atoms with Gasteiger partial charge in [0.1, 0.15) is 6.61 Å². The molecule has 26 heavy (non-hydrogen) atoms. The van der Waals surface area contributed by atoms with Gasteiger partial charge in [-0.15, -0.1) is 0 Å². The van der Waals surface area contributed by atoms with E-state index >= 15 is 0 Å². The van der Waals surface area contributed by atoms with Crippen LogP contribution in [0.3, 0.4) is 0 Å². The molecule has 138 valence electrons. The third kappa shape index (κ3) is 5.47. The van der Waals surface area contributed by atoms with Crippen molar-refractivity contribution in [2.75, 3.05) is 52.0 Å². The Kier molecular flexibility index (Phi) is 6.87. The van der Waals surface area contributed by atoms with Gasteiger partial charge in [0.15, 0.2) is 11.5 Å². The summed E-state index contributed by atoms with van der Waals surface area (Å²) in [5.74, 6) is 1.45. The largest absolute Gasteiger partial charge is 0.493 e. The molecular formula is C20H25N3O3. The number of hydrogen-bond donors (Lipinski definition) is 1. The zero-order chi connectivity index (χ0) is 18.0. The van der Waals surface area contributed by atoms with Gasteiger partial charge in [-0.25, -0.2) is 0 Å². The molecule has 3 rings (SSSR count). The fourth-order valence-electron chi connectivity index (χ4n) is 2.69. The number of morpholine rings is 1. The van der Waals surface area contributed by atoms with E-state index in [1.165, 1.54) is 0 Å². The minimum atomic E-state index is 0.624. The van der Waals surface area contributed by atoms with Gasteiger partial charge in [0, 0.05) is 19.6 Å². The van der Waals surface area contributed by atoms with E-state index in [-0.39, 0.29) is 0 Å². The van der Waals surface area contributed by atoms with Crippen molar-refractivity contribution >= 4 is 11.9 Å². The van der Waals surface area contributed by atoms with Gasteiger partial charge < -0.3 is 14.2 Å². The van der Waals surface area contributed by atoms with E-state index in [0.29, 0.717) is 12.4 Å². The molecule has 1 N–H and O–H groups in total. The zero-order valence-electron chi connectivity index (χ0n) is 15.1. The molecule has 2 aromatic rings. The maximum Gasteiger partial charge on any atom is 0.161 e. The van der Waals surface area contributed by atoms with Crippen molar-refractivity contribution in [1.29, 1.82) is 0 Å². The molecule has 6 heteroatoms. The summed E-state index contributed by atoms with van der Waals surface area (Å²) in [4.78, 5) is 2.34. The molecule has 0 aliphatic carbocycles. The summed E-state index contributed by atoms with van der Waals surface area (Å²) in [5.41, 5.74) is 4.88. The van der Waals surface area contributed by atoms with Crippen LogP contribution < -0.4 is 14.9 Å². The number of ether oxygens (including phenoxy) is 3. The highest BCUT2D eigenvalue weighted by atomic mass is 16.5. The minimum Gasteiger partial charge on any atom is -0.493 e. The number of benzene rings is 2. The lowest BCUT2D eigenvalue weighted by Crippen LogP contribution is -2.38. The number of hydrazone groups is 1. The van der Waals surface area contributed by atoms with E-state index in [1.807, 2.05) is 48.5 Å². The number of rotatable bonds is 8. The first kappa shape index (κ1) is 18.2. The topological polar surface area (TPSA) is 55.3 Å². The average molecular weight is 355 g/mol. The number of para-hydroxylation sites is 1. The number of nitrogens with one attached hydrogen (secondary N) is 1. The Hall–Kier alpha value is -2.57. The molecule has 0 saturated carbocycles. The molecule has 1 aliphatic heterocycles. The van der Waals surface area contributed by atoms with Crippen molar-refractivity contribution in [3.05, 3.63) is 54.1 Å². The van der Waals surface area contributed by atoms with Crippen molar-refractivity contribution in [3.63, 3.8) is 0 Å². The molecular weight excluding hydrogens is 330 g/mol. The summed E-state index contributed by atoms with van der Waals surface area (Å²) >= 11 is 0. The third-order valence-corrected chi connectivity index (χ3v) is 4.14. The van der Waals surface area contributed by atoms with Gasteiger partial charge in [0.2, 0.25) is 0 Å². The SMILES string of the molecule is COc1cc(C=NNc2ccccc2)ccc1OCCN1CCOCC1. The van der Waals surface area contributed by atoms with Crippen LogP contribution in [0.1, 0.15) is 5.56 Å². The van der Waals surface area contributed by atoms with Gasteiger partial charge >= 0.3 is 0 Å². The van der Waals surface area contributed by atoms with Crippen LogP contribution in [0.2, 0.25) is 0 Å². The van der Waals surface area contributed by atoms with E-state index in [0.717, 1.165) is 49.8 Å². The minimum absolute atomic E-state index is 0.624. The normalized spacial score (nSPS) is 15.1. The monoisotopic (exact) mass is 355 g/mol. The van der Waals surface area contributed by atoms with Crippen LogP contribution in [0.5, 0.6) is 11.5 Å². The van der Waals surface area contributed by atoms with Crippen LogP contribution >= 0.6 is 0 Å². The zero-order valence-corrected chi connectivity index (χ0v) is 15.1. The second-order valence-corrected chi connectivity index (χ2v) is 5.95. The molecule has 2 aromatic carbocycles. The van der Waals surface area contributed by atoms with Crippen LogP contribution in [0, 0.1) is 0 Å². The molecule has 0 amide bonds. The van der Waals surface area contributed by atoms with Gasteiger partial charge in [0.05, 0.1) is 32.2 Å². The van der Waals surface area contributed by atoms with Crippen molar-refractivity contribution in [2.45, 2.75) is 0 Å². The standard InChI is InChI=1S/C20H25N3O3/c1-24-20-15-17(16-21-22-18-5-3-2-4-6-18)7-8-19(20)26-14-11-23-9-12-25-13-10-23/h2-8,15-16,22H,9-14H2,1H3. The van der Waals surface area contributed by atoms with Crippen molar-refractivity contribution in [2.24, 2.45) is 5.10 Å². The Morgan fingerprint density at radius 3 is 2.69 bits per heavy atom. The van der Waals surface area contributed by atoms with Gasteiger partial charge in [-0.3, -0.25) is 10.3 Å². The summed E-state index contributed by atoms with van der Waals surface area (Å²) < 4.78 is 16.7. The van der Waals surface area contributed by atoms with E-state index in [9.17, 15) is 0 Å². The summed E-state index contributed by atoms with van der Waals surface area (Å²) in [6.45, 7) is 5.04. The van der Waals surface area contributed by atoms with Crippen molar-refractivity contribution < 1.29 is 14.2 Å². The average Bonchev–Trinajstić information content (AvgIpc) is 2.70. The van der Waals surface area contributed by atoms with Gasteiger partial charge in [-0.2, -0.15) is 5.10 Å². The highest BCUT2D eigenvalue weighted by Gasteiger charge is 2.11. The van der Waals surface area contributed by atoms with E-state index in [4.69, 9.17) is 14.2 Å². The Labute approximate surface area is 154 Å². The molecule has 0 bridgehead atoms. The Balaban J connectivity index is 1.53. The van der Waals surface area contributed by atoms with Crippen LogP contribution in [0.15, 0.2) is 53.6 Å². The molecule has 0 atom stereocenters. The summed E-state index contributed by atoms with van der Waals surface area (Å²) in [7, 11) is 1.65. The van der Waals surface area contributed by atoms with Crippen LogP contribution in [0.25, 0.3) is 0 Å². The van der Waals surface area contributed by atoms with E-state index < -0.39 is 0 Å². The first-order valence-corrected chi connectivity index (χ1v) is 8.80. The molecule has 0 spiro atoms. The summed E-state index contributed by atoms with van der Waals surface area (Å²) in [5, 5.41) is 4.25. The first-order chi connectivity index (χ1) is 12.8. The second kappa shape index (κ2) is 9.79. The summed E-state index contributed by atoms with van der Waals surface area (Å²) in [6, 6.07) is 15.6. The smallest absolute Gasteiger partial charge is 0.161 e. The fourth-order valence-corrected chi connectivity index (χ4v) is 2.69. The molecule has 0 radical (unpaired) electrons. The fraction of sp³-hybridized carbons (Fsp3) is 0.350. The molecule has 1 heterocycles. The van der Waals surface area contributed by atoms with E-state index in [1.54, 1.807) is 13.3 Å². The lowest BCUT2D eigenvalue weighted by molar-refractivity contribution is 0.0321. The van der Waals surface area contributed by atoms with Crippen molar-refractivity contribution in [3.8, 4) is 11.5 Å². The number of methoxy groups -OCH3 is 1. The van der Waals surface area contributed by atoms with Crippen molar-refractivity contribution in [1.82, 2.24) is 4.90 Å². The van der Waals surface area contributed by atoms with Crippen LogP contribution in [-0.4, -0.2) is 57.7 Å². The Bertz CT molecular complexity index is 701. The highest BCUT2D eigenvalue weighted by Crippen LogP contribution is 2.27. The molecule has 0 unspecified atom stereocenters. The lowest BCUT2D eigenvalue weighted by Gasteiger charge is -2.26. The van der Waals surface area contributed by atoms with Crippen LogP contribution in [0.4, 0.5) is 5.69 Å². The Morgan fingerprint density at radius 1 is 1.12 bits per heavy atom. The summed E-state index contributed by atoms with van der Waals surface area (Å²) in [6.07, 6.45) is 1.76. The van der Waals surface area contributed by atoms with Gasteiger partial charge in [-0.1, -0.05) is 18.2 Å². The molecule has 0 aromatic heterocycles. The highest BCUT2D eigenvalue weighted by molar-refractivity contribution is 5.81. The predicted molar refractivity (Wildman–Crippen MR) is 103 cm³/mol. The van der Waals surface area contributed by atoms with E-state index in [2.05, 4.69) is 15.4 Å². The molecule has 1 aliphatic rings. The number of nitrogens with zero attached hydrogens (tertiary/aromatic N) is 2. The quantitative estimate of drug-likeness (QED) is 0.583. The first-order valence-electron chi connectivity index (χ1n) is 8.80. The predicted octanol–water partition coefficient (Wildman–Crippen LogP) is 2.85. The second-order valence-electron chi connectivity index (χ2n) is 5.95. The maximum atomic E-state index is 5.89.